The van der Waals surface area contributed by atoms with E-state index in [4.69, 9.17) is 0 Å². The Kier molecular flexibility index (Phi) is 4.87. The maximum Gasteiger partial charge on any atom is 0.419 e. The Labute approximate surface area is 143 Å². The summed E-state index contributed by atoms with van der Waals surface area (Å²) in [6, 6.07) is 7.96. The minimum absolute atomic E-state index is 0.0987. The highest BCUT2D eigenvalue weighted by Gasteiger charge is 2.34. The minimum atomic E-state index is -4.92. The van der Waals surface area contributed by atoms with Crippen molar-refractivity contribution in [2.45, 2.75) is 37.3 Å². The van der Waals surface area contributed by atoms with Gasteiger partial charge in [-0.25, -0.2) is 12.8 Å². The molecule has 0 amide bonds. The number of sulfonamides is 1. The Bertz CT molecular complexity index is 867. The average Bonchev–Trinajstić information content (AvgIpc) is 2.47. The van der Waals surface area contributed by atoms with Crippen LogP contribution in [0.2, 0.25) is 0 Å². The van der Waals surface area contributed by atoms with Gasteiger partial charge in [0.05, 0.1) is 10.5 Å². The first-order valence-corrected chi connectivity index (χ1v) is 8.79. The molecule has 0 spiro atoms. The zero-order valence-electron chi connectivity index (χ0n) is 13.8. The zero-order valence-corrected chi connectivity index (χ0v) is 14.6. The van der Waals surface area contributed by atoms with E-state index in [1.54, 1.807) is 12.1 Å². The van der Waals surface area contributed by atoms with E-state index < -0.39 is 27.6 Å². The van der Waals surface area contributed by atoms with Gasteiger partial charge >= 0.3 is 6.18 Å². The third-order valence-electron chi connectivity index (χ3n) is 3.55. The molecule has 2 rings (SSSR count). The summed E-state index contributed by atoms with van der Waals surface area (Å²) in [5.74, 6) is -1.47. The van der Waals surface area contributed by atoms with Crippen molar-refractivity contribution in [2.24, 2.45) is 0 Å². The summed E-state index contributed by atoms with van der Waals surface area (Å²) in [7, 11) is -4.09. The van der Waals surface area contributed by atoms with Crippen LogP contribution < -0.4 is 4.72 Å². The molecular formula is C17H17F4NO2S. The van der Waals surface area contributed by atoms with Gasteiger partial charge in [0.1, 0.15) is 5.82 Å². The number of halogens is 4. The fourth-order valence-corrected chi connectivity index (χ4v) is 3.20. The monoisotopic (exact) mass is 375 g/mol. The SMILES string of the molecule is CC(C)(C)c1ccc(S(=O)(=O)Nc2ccc(F)c(C(F)(F)F)c2)cc1. The minimum Gasteiger partial charge on any atom is -0.280 e. The lowest BCUT2D eigenvalue weighted by molar-refractivity contribution is -0.139. The van der Waals surface area contributed by atoms with Crippen LogP contribution >= 0.6 is 0 Å². The Balaban J connectivity index is 2.33. The van der Waals surface area contributed by atoms with Crippen LogP contribution in [0, 0.1) is 5.82 Å². The number of hydrogen-bond acceptors (Lipinski definition) is 2. The summed E-state index contributed by atoms with van der Waals surface area (Å²) in [6.07, 6.45) is -4.92. The second kappa shape index (κ2) is 6.33. The van der Waals surface area contributed by atoms with Crippen LogP contribution in [0.4, 0.5) is 23.2 Å². The Morgan fingerprint density at radius 3 is 1.96 bits per heavy atom. The fourth-order valence-electron chi connectivity index (χ4n) is 2.15. The van der Waals surface area contributed by atoms with Gasteiger partial charge in [-0.15, -0.1) is 0 Å². The second-order valence-electron chi connectivity index (χ2n) is 6.57. The highest BCUT2D eigenvalue weighted by atomic mass is 32.2. The second-order valence-corrected chi connectivity index (χ2v) is 8.25. The van der Waals surface area contributed by atoms with Gasteiger partial charge in [-0.05, 0) is 41.3 Å². The lowest BCUT2D eigenvalue weighted by Gasteiger charge is -2.19. The van der Waals surface area contributed by atoms with Gasteiger partial charge in [0, 0.05) is 5.69 Å². The van der Waals surface area contributed by atoms with Crippen molar-refractivity contribution in [3.8, 4) is 0 Å². The first-order chi connectivity index (χ1) is 11.3. The molecule has 0 aliphatic heterocycles. The van der Waals surface area contributed by atoms with Gasteiger partial charge in [-0.2, -0.15) is 13.2 Å². The fraction of sp³-hybridized carbons (Fsp3) is 0.294. The summed E-state index contributed by atoms with van der Waals surface area (Å²) in [5.41, 5.74) is -1.16. The van der Waals surface area contributed by atoms with Gasteiger partial charge in [0.25, 0.3) is 10.0 Å². The van der Waals surface area contributed by atoms with Gasteiger partial charge in [-0.1, -0.05) is 32.9 Å². The molecule has 0 unspecified atom stereocenters. The molecule has 0 aliphatic rings. The zero-order chi connectivity index (χ0) is 19.0. The van der Waals surface area contributed by atoms with Crippen molar-refractivity contribution < 1.29 is 26.0 Å². The molecule has 0 bridgehead atoms. The molecule has 8 heteroatoms. The van der Waals surface area contributed by atoms with Crippen molar-refractivity contribution in [2.75, 3.05) is 4.72 Å². The summed E-state index contributed by atoms with van der Waals surface area (Å²) >= 11 is 0. The van der Waals surface area contributed by atoms with Crippen LogP contribution in [-0.4, -0.2) is 8.42 Å². The molecule has 0 saturated carbocycles. The molecule has 136 valence electrons. The van der Waals surface area contributed by atoms with Crippen molar-refractivity contribution in [3.05, 3.63) is 59.4 Å². The van der Waals surface area contributed by atoms with Crippen molar-refractivity contribution in [1.82, 2.24) is 0 Å². The maximum atomic E-state index is 13.3. The third kappa shape index (κ3) is 4.50. The van der Waals surface area contributed by atoms with Crippen LogP contribution in [0.3, 0.4) is 0 Å². The van der Waals surface area contributed by atoms with E-state index >= 15 is 0 Å². The summed E-state index contributed by atoms with van der Waals surface area (Å²) in [4.78, 5) is -0.0987. The molecule has 0 atom stereocenters. The van der Waals surface area contributed by atoms with Crippen LogP contribution in [-0.2, 0) is 21.6 Å². The lowest BCUT2D eigenvalue weighted by Crippen LogP contribution is -2.16. The van der Waals surface area contributed by atoms with Crippen LogP contribution in [0.5, 0.6) is 0 Å². The molecule has 0 aliphatic carbocycles. The van der Waals surface area contributed by atoms with E-state index in [9.17, 15) is 26.0 Å². The number of nitrogens with one attached hydrogen (secondary N) is 1. The highest BCUT2D eigenvalue weighted by Crippen LogP contribution is 2.33. The number of hydrogen-bond donors (Lipinski definition) is 1. The summed E-state index contributed by atoms with van der Waals surface area (Å²) in [6.45, 7) is 5.89. The average molecular weight is 375 g/mol. The predicted molar refractivity (Wildman–Crippen MR) is 87.4 cm³/mol. The van der Waals surface area contributed by atoms with E-state index in [0.717, 1.165) is 11.6 Å². The largest absolute Gasteiger partial charge is 0.419 e. The summed E-state index contributed by atoms with van der Waals surface area (Å²) in [5, 5.41) is 0. The molecule has 0 fully saturated rings. The molecular weight excluding hydrogens is 358 g/mol. The van der Waals surface area contributed by atoms with Crippen molar-refractivity contribution >= 4 is 15.7 Å². The molecule has 0 radical (unpaired) electrons. The normalized spacial score (nSPS) is 12.9. The number of benzene rings is 2. The molecule has 2 aromatic carbocycles. The Hall–Kier alpha value is -2.09. The quantitative estimate of drug-likeness (QED) is 0.772. The molecule has 2 aromatic rings. The molecule has 0 heterocycles. The van der Waals surface area contributed by atoms with E-state index in [2.05, 4.69) is 0 Å². The van der Waals surface area contributed by atoms with Gasteiger partial charge in [0.2, 0.25) is 0 Å². The molecule has 3 nitrogen and oxygen atoms in total. The number of anilines is 1. The van der Waals surface area contributed by atoms with E-state index in [1.807, 2.05) is 25.5 Å². The molecule has 25 heavy (non-hydrogen) atoms. The Morgan fingerprint density at radius 2 is 1.48 bits per heavy atom. The van der Waals surface area contributed by atoms with E-state index in [0.29, 0.717) is 12.1 Å². The van der Waals surface area contributed by atoms with Crippen LogP contribution in [0.15, 0.2) is 47.4 Å². The van der Waals surface area contributed by atoms with Gasteiger partial charge in [-0.3, -0.25) is 4.72 Å². The number of rotatable bonds is 3. The molecule has 0 aromatic heterocycles. The third-order valence-corrected chi connectivity index (χ3v) is 4.95. The molecule has 1 N–H and O–H groups in total. The van der Waals surface area contributed by atoms with Gasteiger partial charge in [0.15, 0.2) is 0 Å². The first kappa shape index (κ1) is 19.2. The maximum absolute atomic E-state index is 13.3. The van der Waals surface area contributed by atoms with Crippen molar-refractivity contribution in [3.63, 3.8) is 0 Å². The first-order valence-electron chi connectivity index (χ1n) is 7.31. The predicted octanol–water partition coefficient (Wildman–Crippen LogP) is 4.94. The topological polar surface area (TPSA) is 46.2 Å². The highest BCUT2D eigenvalue weighted by molar-refractivity contribution is 7.92. The summed E-state index contributed by atoms with van der Waals surface area (Å²) < 4.78 is 78.1. The number of alkyl halides is 3. The standard InChI is InChI=1S/C17H17F4NO2S/c1-16(2,3)11-4-7-13(8-5-11)25(23,24)22-12-6-9-15(18)14(10-12)17(19,20)21/h4-10,22H,1-3H3. The van der Waals surface area contributed by atoms with Crippen LogP contribution in [0.1, 0.15) is 31.9 Å². The Morgan fingerprint density at radius 1 is 0.920 bits per heavy atom. The van der Waals surface area contributed by atoms with E-state index in [1.165, 1.54) is 12.1 Å². The van der Waals surface area contributed by atoms with Crippen molar-refractivity contribution in [1.29, 1.82) is 0 Å². The van der Waals surface area contributed by atoms with Crippen LogP contribution in [0.25, 0.3) is 0 Å². The molecule has 0 saturated heterocycles. The smallest absolute Gasteiger partial charge is 0.280 e. The lowest BCUT2D eigenvalue weighted by atomic mass is 9.87. The van der Waals surface area contributed by atoms with E-state index in [-0.39, 0.29) is 16.0 Å². The van der Waals surface area contributed by atoms with Gasteiger partial charge < -0.3 is 0 Å².